The van der Waals surface area contributed by atoms with Crippen molar-refractivity contribution in [2.24, 2.45) is 0 Å². The second-order valence-corrected chi connectivity index (χ2v) is 7.51. The van der Waals surface area contributed by atoms with Crippen molar-refractivity contribution in [3.05, 3.63) is 65.7 Å². The molecule has 0 aliphatic heterocycles. The molecule has 3 amide bonds. The number of anilines is 3. The Morgan fingerprint density at radius 2 is 1.63 bits per heavy atom. The third-order valence-electron chi connectivity index (χ3n) is 3.38. The Kier molecular flexibility index (Phi) is 6.45. The Morgan fingerprint density at radius 3 is 2.26 bits per heavy atom. The number of carbonyl (C=O) groups excluding carboxylic acids is 2. The van der Waals surface area contributed by atoms with E-state index < -0.39 is 0 Å². The summed E-state index contributed by atoms with van der Waals surface area (Å²) >= 11 is 2.83. The van der Waals surface area contributed by atoms with Crippen LogP contribution in [0.4, 0.5) is 21.3 Å². The van der Waals surface area contributed by atoms with E-state index in [1.807, 2.05) is 54.8 Å². The summed E-state index contributed by atoms with van der Waals surface area (Å²) in [6.07, 6.45) is 0. The van der Waals surface area contributed by atoms with Crippen molar-refractivity contribution < 1.29 is 9.59 Å². The zero-order valence-electron chi connectivity index (χ0n) is 14.6. The molecule has 1 heterocycles. The molecule has 3 rings (SSSR count). The lowest BCUT2D eigenvalue weighted by molar-refractivity contribution is -0.113. The number of thiazole rings is 1. The van der Waals surface area contributed by atoms with Gasteiger partial charge in [-0.1, -0.05) is 18.2 Å². The lowest BCUT2D eigenvalue weighted by atomic mass is 10.3. The summed E-state index contributed by atoms with van der Waals surface area (Å²) in [6, 6.07) is 16.3. The number of benzene rings is 2. The molecule has 2 aromatic carbocycles. The maximum Gasteiger partial charge on any atom is 0.323 e. The van der Waals surface area contributed by atoms with Gasteiger partial charge in [0.25, 0.3) is 0 Å². The lowest BCUT2D eigenvalue weighted by Gasteiger charge is -2.08. The van der Waals surface area contributed by atoms with Gasteiger partial charge >= 0.3 is 6.03 Å². The molecule has 0 aliphatic carbocycles. The average molecular weight is 399 g/mol. The zero-order chi connectivity index (χ0) is 19.1. The van der Waals surface area contributed by atoms with Crippen LogP contribution in [0.25, 0.3) is 0 Å². The summed E-state index contributed by atoms with van der Waals surface area (Å²) in [5, 5.41) is 10.8. The Balaban J connectivity index is 1.45. The van der Waals surface area contributed by atoms with Gasteiger partial charge in [0.15, 0.2) is 5.13 Å². The Labute approximate surface area is 165 Å². The van der Waals surface area contributed by atoms with Gasteiger partial charge in [0.05, 0.1) is 11.4 Å². The topological polar surface area (TPSA) is 83.1 Å². The van der Waals surface area contributed by atoms with Crippen LogP contribution in [0.15, 0.2) is 64.9 Å². The van der Waals surface area contributed by atoms with E-state index >= 15 is 0 Å². The molecule has 0 bridgehead atoms. The normalized spacial score (nSPS) is 10.3. The Hall–Kier alpha value is -2.84. The summed E-state index contributed by atoms with van der Waals surface area (Å²) in [6.45, 7) is 1.89. The van der Waals surface area contributed by atoms with Gasteiger partial charge in [-0.3, -0.25) is 4.79 Å². The van der Waals surface area contributed by atoms with Crippen molar-refractivity contribution in [2.75, 3.05) is 21.7 Å². The summed E-state index contributed by atoms with van der Waals surface area (Å²) in [5.74, 6) is 0.193. The number of amides is 3. The van der Waals surface area contributed by atoms with E-state index in [1.54, 1.807) is 12.1 Å². The number of urea groups is 1. The number of rotatable bonds is 6. The van der Waals surface area contributed by atoms with E-state index in [0.29, 0.717) is 16.6 Å². The molecule has 0 unspecified atom stereocenters. The largest absolute Gasteiger partial charge is 0.323 e. The Bertz CT molecular complexity index is 911. The molecule has 0 radical (unpaired) electrons. The minimum absolute atomic E-state index is 0.0983. The number of aromatic nitrogens is 1. The molecule has 0 saturated carbocycles. The van der Waals surface area contributed by atoms with Gasteiger partial charge in [-0.05, 0) is 43.3 Å². The predicted molar refractivity (Wildman–Crippen MR) is 112 cm³/mol. The fourth-order valence-electron chi connectivity index (χ4n) is 2.17. The highest BCUT2D eigenvalue weighted by Gasteiger charge is 2.07. The maximum absolute atomic E-state index is 12.0. The van der Waals surface area contributed by atoms with Crippen LogP contribution < -0.4 is 16.0 Å². The van der Waals surface area contributed by atoms with Crippen molar-refractivity contribution in [1.82, 2.24) is 4.98 Å². The first-order valence-corrected chi connectivity index (χ1v) is 10.0. The van der Waals surface area contributed by atoms with Gasteiger partial charge in [-0.2, -0.15) is 0 Å². The molecule has 138 valence electrons. The van der Waals surface area contributed by atoms with Crippen LogP contribution in [0.5, 0.6) is 0 Å². The molecule has 0 spiro atoms. The smallest absolute Gasteiger partial charge is 0.308 e. The van der Waals surface area contributed by atoms with E-state index in [2.05, 4.69) is 20.9 Å². The molecule has 0 atom stereocenters. The van der Waals surface area contributed by atoms with Crippen LogP contribution in [0.2, 0.25) is 0 Å². The van der Waals surface area contributed by atoms with Gasteiger partial charge < -0.3 is 16.0 Å². The summed E-state index contributed by atoms with van der Waals surface area (Å²) in [7, 11) is 0. The quantitative estimate of drug-likeness (QED) is 0.520. The molecule has 6 nitrogen and oxygen atoms in total. The second kappa shape index (κ2) is 9.20. The predicted octanol–water partition coefficient (Wildman–Crippen LogP) is 4.83. The first kappa shape index (κ1) is 18.9. The van der Waals surface area contributed by atoms with Crippen LogP contribution in [0.3, 0.4) is 0 Å². The SMILES string of the molecule is Cc1csc(NC(=O)CSc2ccc(NC(=O)Nc3ccccc3)cc2)n1. The second-order valence-electron chi connectivity index (χ2n) is 5.60. The number of nitrogens with zero attached hydrogens (tertiary/aromatic N) is 1. The van der Waals surface area contributed by atoms with Crippen molar-refractivity contribution in [3.8, 4) is 0 Å². The standard InChI is InChI=1S/C19H18N4O2S2/c1-13-11-27-19(20-13)23-17(24)12-26-16-9-7-15(8-10-16)22-18(25)21-14-5-3-2-4-6-14/h2-11H,12H2,1H3,(H,20,23,24)(H2,21,22,25). The fraction of sp³-hybridized carbons (Fsp3) is 0.105. The molecule has 0 aliphatic rings. The van der Waals surface area contributed by atoms with Gasteiger partial charge in [0.1, 0.15) is 0 Å². The van der Waals surface area contributed by atoms with E-state index in [4.69, 9.17) is 0 Å². The summed E-state index contributed by atoms with van der Waals surface area (Å²) in [4.78, 5) is 29.1. The monoisotopic (exact) mass is 398 g/mol. The van der Waals surface area contributed by atoms with Crippen molar-refractivity contribution >= 4 is 51.5 Å². The summed E-state index contributed by atoms with van der Waals surface area (Å²) < 4.78 is 0. The first-order valence-electron chi connectivity index (χ1n) is 8.16. The average Bonchev–Trinajstić information content (AvgIpc) is 3.06. The lowest BCUT2D eigenvalue weighted by Crippen LogP contribution is -2.19. The van der Waals surface area contributed by atoms with E-state index in [9.17, 15) is 9.59 Å². The van der Waals surface area contributed by atoms with Crippen LogP contribution in [0.1, 0.15) is 5.69 Å². The zero-order valence-corrected chi connectivity index (χ0v) is 16.2. The van der Waals surface area contributed by atoms with E-state index in [1.165, 1.54) is 23.1 Å². The number of carbonyl (C=O) groups is 2. The molecular weight excluding hydrogens is 380 g/mol. The number of thioether (sulfide) groups is 1. The van der Waals surface area contributed by atoms with Gasteiger partial charge in [0, 0.05) is 21.7 Å². The highest BCUT2D eigenvalue weighted by atomic mass is 32.2. The third kappa shape index (κ3) is 6.12. The van der Waals surface area contributed by atoms with Gasteiger partial charge in [-0.15, -0.1) is 23.1 Å². The van der Waals surface area contributed by atoms with E-state index in [0.717, 1.165) is 16.3 Å². The minimum Gasteiger partial charge on any atom is -0.308 e. The number of aryl methyl sites for hydroxylation is 1. The van der Waals surface area contributed by atoms with Crippen LogP contribution in [-0.4, -0.2) is 22.7 Å². The molecule has 3 aromatic rings. The molecule has 0 saturated heterocycles. The third-order valence-corrected chi connectivity index (χ3v) is 5.27. The van der Waals surface area contributed by atoms with E-state index in [-0.39, 0.29) is 11.9 Å². The highest BCUT2D eigenvalue weighted by Crippen LogP contribution is 2.21. The number of hydrogen-bond acceptors (Lipinski definition) is 5. The number of hydrogen-bond donors (Lipinski definition) is 3. The number of nitrogens with one attached hydrogen (secondary N) is 3. The van der Waals surface area contributed by atoms with Crippen LogP contribution >= 0.6 is 23.1 Å². The highest BCUT2D eigenvalue weighted by molar-refractivity contribution is 8.00. The maximum atomic E-state index is 12.0. The van der Waals surface area contributed by atoms with Crippen LogP contribution in [0, 0.1) is 6.92 Å². The van der Waals surface area contributed by atoms with Gasteiger partial charge in [-0.25, -0.2) is 9.78 Å². The van der Waals surface area contributed by atoms with Crippen molar-refractivity contribution in [1.29, 1.82) is 0 Å². The first-order chi connectivity index (χ1) is 13.1. The number of para-hydroxylation sites is 1. The molecule has 27 heavy (non-hydrogen) atoms. The molecular formula is C19H18N4O2S2. The Morgan fingerprint density at radius 1 is 0.963 bits per heavy atom. The van der Waals surface area contributed by atoms with Crippen molar-refractivity contribution in [2.45, 2.75) is 11.8 Å². The molecule has 1 aromatic heterocycles. The molecule has 8 heteroatoms. The molecule has 0 fully saturated rings. The van der Waals surface area contributed by atoms with Crippen molar-refractivity contribution in [3.63, 3.8) is 0 Å². The summed E-state index contributed by atoms with van der Waals surface area (Å²) in [5.41, 5.74) is 2.29. The minimum atomic E-state index is -0.306. The molecule has 3 N–H and O–H groups in total. The fourth-order valence-corrected chi connectivity index (χ4v) is 3.57. The van der Waals surface area contributed by atoms with Crippen LogP contribution in [-0.2, 0) is 4.79 Å². The van der Waals surface area contributed by atoms with Gasteiger partial charge in [0.2, 0.25) is 5.91 Å².